The molecule has 29 heavy (non-hydrogen) atoms. The predicted octanol–water partition coefficient (Wildman–Crippen LogP) is 4.01. The third-order valence-corrected chi connectivity index (χ3v) is 6.97. The molecule has 0 fully saturated rings. The number of hydrogen-bond donors (Lipinski definition) is 1. The van der Waals surface area contributed by atoms with Gasteiger partial charge in [0.05, 0.1) is 10.9 Å². The molecule has 0 amide bonds. The number of rotatable bonds is 9. The van der Waals surface area contributed by atoms with Gasteiger partial charge in [-0.25, -0.2) is 13.1 Å². The van der Waals surface area contributed by atoms with Gasteiger partial charge in [-0.15, -0.1) is 16.8 Å². The maximum atomic E-state index is 13.0. The molecule has 0 bridgehead atoms. The van der Waals surface area contributed by atoms with Crippen LogP contribution in [0.4, 0.5) is 0 Å². The highest BCUT2D eigenvalue weighted by Gasteiger charge is 2.26. The number of aromatic nitrogens is 3. The first kappa shape index (κ1) is 21.6. The summed E-state index contributed by atoms with van der Waals surface area (Å²) in [5, 5.41) is 9.64. The van der Waals surface area contributed by atoms with Crippen LogP contribution >= 0.6 is 23.4 Å². The first-order valence-corrected chi connectivity index (χ1v) is 11.7. The van der Waals surface area contributed by atoms with Crippen molar-refractivity contribution in [1.82, 2.24) is 19.5 Å². The zero-order chi connectivity index (χ0) is 20.9. The highest BCUT2D eigenvalue weighted by atomic mass is 35.5. The van der Waals surface area contributed by atoms with E-state index < -0.39 is 16.1 Å². The van der Waals surface area contributed by atoms with Gasteiger partial charge < -0.3 is 4.57 Å². The Morgan fingerprint density at radius 3 is 2.52 bits per heavy atom. The Labute approximate surface area is 180 Å². The third-order valence-electron chi connectivity index (χ3n) is 4.21. The summed E-state index contributed by atoms with van der Waals surface area (Å²) in [5.74, 6) is 1.23. The normalized spacial score (nSPS) is 12.6. The molecule has 3 aromatic rings. The molecule has 2 aromatic carbocycles. The molecule has 0 spiro atoms. The minimum Gasteiger partial charge on any atom is -0.308 e. The Bertz CT molecular complexity index is 1070. The topological polar surface area (TPSA) is 76.9 Å². The van der Waals surface area contributed by atoms with Gasteiger partial charge in [-0.2, -0.15) is 0 Å². The molecule has 9 heteroatoms. The summed E-state index contributed by atoms with van der Waals surface area (Å²) in [6, 6.07) is 15.1. The molecule has 0 aliphatic carbocycles. The van der Waals surface area contributed by atoms with E-state index in [1.165, 1.54) is 23.9 Å². The summed E-state index contributed by atoms with van der Waals surface area (Å²) < 4.78 is 30.5. The van der Waals surface area contributed by atoms with Crippen molar-refractivity contribution in [3.8, 4) is 0 Å². The maximum absolute atomic E-state index is 13.0. The van der Waals surface area contributed by atoms with E-state index in [4.69, 9.17) is 11.6 Å². The highest BCUT2D eigenvalue weighted by molar-refractivity contribution is 7.99. The monoisotopic (exact) mass is 448 g/mol. The van der Waals surface area contributed by atoms with Crippen molar-refractivity contribution < 1.29 is 8.42 Å². The summed E-state index contributed by atoms with van der Waals surface area (Å²) in [7, 11) is -1.95. The van der Waals surface area contributed by atoms with Gasteiger partial charge in [-0.3, -0.25) is 0 Å². The van der Waals surface area contributed by atoms with Gasteiger partial charge in [0.2, 0.25) is 10.0 Å². The van der Waals surface area contributed by atoms with Gasteiger partial charge in [-0.05, 0) is 36.2 Å². The second kappa shape index (κ2) is 9.58. The SMILES string of the molecule is C=CCSc1nnc([C@@H](Cc2ccccc2)NS(=O)(=O)c2ccc(Cl)cc2)n1C. The lowest BCUT2D eigenvalue weighted by molar-refractivity contribution is 0.530. The van der Waals surface area contributed by atoms with Crippen LogP contribution in [0.5, 0.6) is 0 Å². The molecule has 0 saturated carbocycles. The summed E-state index contributed by atoms with van der Waals surface area (Å²) >= 11 is 7.38. The van der Waals surface area contributed by atoms with Crippen LogP contribution in [0.3, 0.4) is 0 Å². The van der Waals surface area contributed by atoms with Crippen LogP contribution < -0.4 is 4.72 Å². The second-order valence-corrected chi connectivity index (χ2v) is 9.45. The van der Waals surface area contributed by atoms with Gasteiger partial charge in [0, 0.05) is 17.8 Å². The molecule has 6 nitrogen and oxygen atoms in total. The van der Waals surface area contributed by atoms with Gasteiger partial charge in [0.25, 0.3) is 0 Å². The van der Waals surface area contributed by atoms with Crippen LogP contribution in [-0.4, -0.2) is 28.9 Å². The number of hydrogen-bond acceptors (Lipinski definition) is 5. The average molecular weight is 449 g/mol. The fraction of sp³-hybridized carbons (Fsp3) is 0.200. The first-order chi connectivity index (χ1) is 13.9. The fourth-order valence-electron chi connectivity index (χ4n) is 2.79. The van der Waals surface area contributed by atoms with Crippen molar-refractivity contribution >= 4 is 33.4 Å². The molecule has 152 valence electrons. The lowest BCUT2D eigenvalue weighted by Crippen LogP contribution is -2.32. The quantitative estimate of drug-likeness (QED) is 0.395. The van der Waals surface area contributed by atoms with E-state index in [9.17, 15) is 8.42 Å². The minimum atomic E-state index is -3.78. The summed E-state index contributed by atoms with van der Waals surface area (Å²) in [5.41, 5.74) is 0.986. The molecule has 0 aliphatic rings. The smallest absolute Gasteiger partial charge is 0.241 e. The number of nitrogens with one attached hydrogen (secondary N) is 1. The molecular formula is C20H21ClN4O2S2. The van der Waals surface area contributed by atoms with Crippen LogP contribution in [0.15, 0.2) is 77.3 Å². The number of nitrogens with zero attached hydrogens (tertiary/aromatic N) is 3. The van der Waals surface area contributed by atoms with E-state index in [1.54, 1.807) is 18.2 Å². The summed E-state index contributed by atoms with van der Waals surface area (Å²) in [4.78, 5) is 0.142. The molecule has 0 unspecified atom stereocenters. The van der Waals surface area contributed by atoms with Crippen molar-refractivity contribution in [1.29, 1.82) is 0 Å². The number of thioether (sulfide) groups is 1. The van der Waals surface area contributed by atoms with Crippen molar-refractivity contribution in [2.24, 2.45) is 7.05 Å². The largest absolute Gasteiger partial charge is 0.308 e. The fourth-order valence-corrected chi connectivity index (χ4v) is 4.77. The Balaban J connectivity index is 1.94. The van der Waals surface area contributed by atoms with Crippen molar-refractivity contribution in [3.63, 3.8) is 0 Å². The zero-order valence-corrected chi connectivity index (χ0v) is 18.2. The van der Waals surface area contributed by atoms with Crippen molar-refractivity contribution in [2.75, 3.05) is 5.75 Å². The number of sulfonamides is 1. The Hall–Kier alpha value is -2.13. The van der Waals surface area contributed by atoms with Crippen LogP contribution in [0.25, 0.3) is 0 Å². The maximum Gasteiger partial charge on any atom is 0.241 e. The van der Waals surface area contributed by atoms with Gasteiger partial charge in [0.15, 0.2) is 11.0 Å². The van der Waals surface area contributed by atoms with E-state index in [-0.39, 0.29) is 4.90 Å². The van der Waals surface area contributed by atoms with Crippen molar-refractivity contribution in [2.45, 2.75) is 22.5 Å². The first-order valence-electron chi connectivity index (χ1n) is 8.85. The minimum absolute atomic E-state index is 0.142. The molecular weight excluding hydrogens is 428 g/mol. The third kappa shape index (κ3) is 5.48. The van der Waals surface area contributed by atoms with Crippen LogP contribution in [0, 0.1) is 0 Å². The van der Waals surface area contributed by atoms with Gasteiger partial charge in [-0.1, -0.05) is 59.8 Å². The molecule has 0 saturated heterocycles. The Morgan fingerprint density at radius 1 is 1.17 bits per heavy atom. The zero-order valence-electron chi connectivity index (χ0n) is 15.8. The lowest BCUT2D eigenvalue weighted by Gasteiger charge is -2.18. The molecule has 1 heterocycles. The Kier molecular flexibility index (Phi) is 7.13. The predicted molar refractivity (Wildman–Crippen MR) is 117 cm³/mol. The Morgan fingerprint density at radius 2 is 1.86 bits per heavy atom. The number of halogens is 1. The molecule has 1 N–H and O–H groups in total. The summed E-state index contributed by atoms with van der Waals surface area (Å²) in [6.45, 7) is 3.71. The van der Waals surface area contributed by atoms with Crippen LogP contribution in [0.2, 0.25) is 5.02 Å². The van der Waals surface area contributed by atoms with Crippen LogP contribution in [0.1, 0.15) is 17.4 Å². The number of benzene rings is 2. The van der Waals surface area contributed by atoms with Crippen LogP contribution in [-0.2, 0) is 23.5 Å². The van der Waals surface area contributed by atoms with E-state index in [0.717, 1.165) is 5.56 Å². The molecule has 1 atom stereocenters. The van der Waals surface area contributed by atoms with E-state index in [1.807, 2.05) is 41.9 Å². The van der Waals surface area contributed by atoms with Gasteiger partial charge in [0.1, 0.15) is 0 Å². The highest BCUT2D eigenvalue weighted by Crippen LogP contribution is 2.24. The molecule has 3 rings (SSSR count). The second-order valence-electron chi connectivity index (χ2n) is 6.32. The van der Waals surface area contributed by atoms with Gasteiger partial charge >= 0.3 is 0 Å². The van der Waals surface area contributed by atoms with Crippen molar-refractivity contribution in [3.05, 3.63) is 83.7 Å². The lowest BCUT2D eigenvalue weighted by atomic mass is 10.1. The van der Waals surface area contributed by atoms with E-state index >= 15 is 0 Å². The summed E-state index contributed by atoms with van der Waals surface area (Å²) in [6.07, 6.45) is 2.22. The molecule has 1 aromatic heterocycles. The average Bonchev–Trinajstić information content (AvgIpc) is 3.07. The standard InChI is InChI=1S/C20H21ClN4O2S2/c1-3-13-28-20-23-22-19(25(20)2)18(14-15-7-5-4-6-8-15)24-29(26,27)17-11-9-16(21)10-12-17/h3-12,18,24H,1,13-14H2,2H3/t18-/m1/s1. The van der Waals surface area contributed by atoms with E-state index in [2.05, 4.69) is 21.5 Å². The van der Waals surface area contributed by atoms with E-state index in [0.29, 0.717) is 28.2 Å². The molecule has 0 radical (unpaired) electrons. The molecule has 0 aliphatic heterocycles.